The van der Waals surface area contributed by atoms with Gasteiger partial charge in [0.25, 0.3) is 5.91 Å². The van der Waals surface area contributed by atoms with E-state index in [9.17, 15) is 9.59 Å². The molecule has 0 aliphatic heterocycles. The Kier molecular flexibility index (Phi) is 7.62. The van der Waals surface area contributed by atoms with E-state index in [2.05, 4.69) is 15.5 Å². The summed E-state index contributed by atoms with van der Waals surface area (Å²) >= 11 is 1.41. The lowest BCUT2D eigenvalue weighted by Crippen LogP contribution is -2.36. The molecule has 0 spiro atoms. The molecule has 2 amide bonds. The van der Waals surface area contributed by atoms with Crippen molar-refractivity contribution < 1.29 is 14.3 Å². The van der Waals surface area contributed by atoms with Gasteiger partial charge in [-0.15, -0.1) is 11.3 Å². The highest BCUT2D eigenvalue weighted by molar-refractivity contribution is 7.13. The Balaban J connectivity index is 1.69. The lowest BCUT2D eigenvalue weighted by molar-refractivity contribution is -0.120. The number of carbonyl (C=O) groups is 2. The Morgan fingerprint density at radius 2 is 1.81 bits per heavy atom. The van der Waals surface area contributed by atoms with Crippen LogP contribution in [0.3, 0.4) is 0 Å². The van der Waals surface area contributed by atoms with E-state index in [0.717, 1.165) is 22.7 Å². The Bertz CT molecular complexity index is 726. The molecule has 1 aromatic heterocycles. The van der Waals surface area contributed by atoms with Crippen LogP contribution in [-0.2, 0) is 11.3 Å². The predicted octanol–water partition coefficient (Wildman–Crippen LogP) is 2.04. The summed E-state index contributed by atoms with van der Waals surface area (Å²) in [6, 6.07) is 11.2. The van der Waals surface area contributed by atoms with Crippen molar-refractivity contribution in [2.45, 2.75) is 13.5 Å². The van der Waals surface area contributed by atoms with Crippen LogP contribution in [0.5, 0.6) is 5.75 Å². The van der Waals surface area contributed by atoms with Crippen molar-refractivity contribution in [2.75, 3.05) is 33.8 Å². The second-order valence-corrected chi connectivity index (χ2v) is 7.45. The van der Waals surface area contributed by atoms with Gasteiger partial charge in [0.1, 0.15) is 12.4 Å². The minimum atomic E-state index is -0.225. The number of nitrogens with zero attached hydrogens (tertiary/aromatic N) is 1. The first-order valence-electron chi connectivity index (χ1n) is 8.42. The van der Waals surface area contributed by atoms with Gasteiger partial charge in [0, 0.05) is 18.0 Å². The van der Waals surface area contributed by atoms with Gasteiger partial charge in [-0.1, -0.05) is 12.1 Å². The van der Waals surface area contributed by atoms with Gasteiger partial charge in [-0.2, -0.15) is 0 Å². The molecule has 2 aromatic rings. The van der Waals surface area contributed by atoms with Crippen molar-refractivity contribution in [3.05, 3.63) is 51.7 Å². The highest BCUT2D eigenvalue weighted by Crippen LogP contribution is 2.14. The molecule has 0 aliphatic rings. The number of benzene rings is 1. The van der Waals surface area contributed by atoms with E-state index in [-0.39, 0.29) is 18.4 Å². The van der Waals surface area contributed by atoms with E-state index in [1.54, 1.807) is 6.07 Å². The minimum absolute atomic E-state index is 0.0402. The van der Waals surface area contributed by atoms with Crippen LogP contribution < -0.4 is 15.4 Å². The number of ether oxygens (including phenoxy) is 1. The molecule has 0 saturated carbocycles. The highest BCUT2D eigenvalue weighted by Gasteiger charge is 2.09. The molecule has 6 nitrogen and oxygen atoms in total. The molecular weight excluding hydrogens is 350 g/mol. The minimum Gasteiger partial charge on any atom is -0.492 e. The summed E-state index contributed by atoms with van der Waals surface area (Å²) in [6.07, 6.45) is 0. The standard InChI is InChI=1S/C19H25N3O3S/c1-14-4-9-17(26-14)19(24)21-13-18(23)20-12-15-5-7-16(8-6-15)25-11-10-22(2)3/h4-9H,10-13H2,1-3H3,(H,20,23)(H,21,24). The van der Waals surface area contributed by atoms with E-state index < -0.39 is 0 Å². The zero-order valence-electron chi connectivity index (χ0n) is 15.4. The lowest BCUT2D eigenvalue weighted by atomic mass is 10.2. The first kappa shape index (κ1) is 19.9. The van der Waals surface area contributed by atoms with Crippen LogP contribution in [0.4, 0.5) is 0 Å². The summed E-state index contributed by atoms with van der Waals surface area (Å²) in [5.74, 6) is 0.357. The number of thiophene rings is 1. The van der Waals surface area contributed by atoms with Crippen LogP contribution >= 0.6 is 11.3 Å². The molecule has 26 heavy (non-hydrogen) atoms. The van der Waals surface area contributed by atoms with Gasteiger partial charge < -0.3 is 20.3 Å². The number of hydrogen-bond donors (Lipinski definition) is 2. The Labute approximate surface area is 158 Å². The first-order chi connectivity index (χ1) is 12.4. The monoisotopic (exact) mass is 375 g/mol. The molecule has 7 heteroatoms. The molecule has 0 saturated heterocycles. The quantitative estimate of drug-likeness (QED) is 0.704. The number of amides is 2. The van der Waals surface area contributed by atoms with Crippen molar-refractivity contribution in [1.82, 2.24) is 15.5 Å². The maximum Gasteiger partial charge on any atom is 0.261 e. The van der Waals surface area contributed by atoms with Gasteiger partial charge in [-0.25, -0.2) is 0 Å². The van der Waals surface area contributed by atoms with Gasteiger partial charge in [0.05, 0.1) is 11.4 Å². The molecule has 1 heterocycles. The van der Waals surface area contributed by atoms with E-state index in [1.807, 2.05) is 51.4 Å². The van der Waals surface area contributed by atoms with Crippen LogP contribution in [0.25, 0.3) is 0 Å². The summed E-state index contributed by atoms with van der Waals surface area (Å²) in [5.41, 5.74) is 0.971. The number of aryl methyl sites for hydroxylation is 1. The average molecular weight is 375 g/mol. The fourth-order valence-electron chi connectivity index (χ4n) is 2.12. The molecular formula is C19H25N3O3S. The summed E-state index contributed by atoms with van der Waals surface area (Å²) in [7, 11) is 4.00. The maximum absolute atomic E-state index is 11.9. The second kappa shape index (κ2) is 9.94. The van der Waals surface area contributed by atoms with Crippen LogP contribution in [0.2, 0.25) is 0 Å². The van der Waals surface area contributed by atoms with E-state index in [1.165, 1.54) is 11.3 Å². The normalized spacial score (nSPS) is 10.6. The fourth-order valence-corrected chi connectivity index (χ4v) is 2.90. The molecule has 2 rings (SSSR count). The zero-order valence-corrected chi connectivity index (χ0v) is 16.2. The van der Waals surface area contributed by atoms with Crippen molar-refractivity contribution in [3.63, 3.8) is 0 Å². The molecule has 0 atom stereocenters. The Hall–Kier alpha value is -2.38. The number of likely N-dealkylation sites (N-methyl/N-ethyl adjacent to an activating group) is 1. The van der Waals surface area contributed by atoms with Crippen molar-refractivity contribution in [1.29, 1.82) is 0 Å². The molecule has 0 bridgehead atoms. The van der Waals surface area contributed by atoms with Crippen molar-refractivity contribution in [2.24, 2.45) is 0 Å². The van der Waals surface area contributed by atoms with E-state index >= 15 is 0 Å². The number of nitrogens with one attached hydrogen (secondary N) is 2. The fraction of sp³-hybridized carbons (Fsp3) is 0.368. The largest absolute Gasteiger partial charge is 0.492 e. The van der Waals surface area contributed by atoms with Crippen molar-refractivity contribution >= 4 is 23.2 Å². The van der Waals surface area contributed by atoms with Crippen LogP contribution in [0.1, 0.15) is 20.1 Å². The third-order valence-corrected chi connectivity index (χ3v) is 4.59. The number of hydrogen-bond acceptors (Lipinski definition) is 5. The van der Waals surface area contributed by atoms with E-state index in [4.69, 9.17) is 4.74 Å². The van der Waals surface area contributed by atoms with Crippen LogP contribution in [0.15, 0.2) is 36.4 Å². The zero-order chi connectivity index (χ0) is 18.9. The predicted molar refractivity (Wildman–Crippen MR) is 104 cm³/mol. The third-order valence-electron chi connectivity index (χ3n) is 3.59. The summed E-state index contributed by atoms with van der Waals surface area (Å²) in [6.45, 7) is 3.79. The summed E-state index contributed by atoms with van der Waals surface area (Å²) in [5, 5.41) is 5.42. The first-order valence-corrected chi connectivity index (χ1v) is 9.23. The summed E-state index contributed by atoms with van der Waals surface area (Å²) in [4.78, 5) is 27.5. The third kappa shape index (κ3) is 6.85. The smallest absolute Gasteiger partial charge is 0.261 e. The van der Waals surface area contributed by atoms with E-state index in [0.29, 0.717) is 18.0 Å². The molecule has 140 valence electrons. The number of rotatable bonds is 9. The second-order valence-electron chi connectivity index (χ2n) is 6.17. The van der Waals surface area contributed by atoms with Crippen molar-refractivity contribution in [3.8, 4) is 5.75 Å². The average Bonchev–Trinajstić information content (AvgIpc) is 3.05. The SMILES string of the molecule is Cc1ccc(C(=O)NCC(=O)NCc2ccc(OCCN(C)C)cc2)s1. The lowest BCUT2D eigenvalue weighted by Gasteiger charge is -2.11. The van der Waals surface area contributed by atoms with Gasteiger partial charge in [-0.3, -0.25) is 9.59 Å². The number of carbonyl (C=O) groups excluding carboxylic acids is 2. The van der Waals surface area contributed by atoms with Gasteiger partial charge >= 0.3 is 0 Å². The van der Waals surface area contributed by atoms with Gasteiger partial charge in [0.15, 0.2) is 0 Å². The highest BCUT2D eigenvalue weighted by atomic mass is 32.1. The van der Waals surface area contributed by atoms with Crippen LogP contribution in [0, 0.1) is 6.92 Å². The Morgan fingerprint density at radius 1 is 1.08 bits per heavy atom. The van der Waals surface area contributed by atoms with Crippen LogP contribution in [-0.4, -0.2) is 50.5 Å². The molecule has 0 unspecified atom stereocenters. The molecule has 1 aromatic carbocycles. The van der Waals surface area contributed by atoms with Gasteiger partial charge in [-0.05, 0) is 50.8 Å². The maximum atomic E-state index is 11.9. The molecule has 0 fully saturated rings. The molecule has 0 radical (unpaired) electrons. The molecule has 2 N–H and O–H groups in total. The van der Waals surface area contributed by atoms with Gasteiger partial charge in [0.2, 0.25) is 5.91 Å². The molecule has 0 aliphatic carbocycles. The topological polar surface area (TPSA) is 70.7 Å². The summed E-state index contributed by atoms with van der Waals surface area (Å²) < 4.78 is 5.63. The Morgan fingerprint density at radius 3 is 2.42 bits per heavy atom.